The molecule has 0 atom stereocenters. The number of carbonyl (C=O) groups excluding carboxylic acids is 2. The summed E-state index contributed by atoms with van der Waals surface area (Å²) in [5.74, 6) is 0.419. The summed E-state index contributed by atoms with van der Waals surface area (Å²) >= 11 is 1.69. The number of amides is 2. The van der Waals surface area contributed by atoms with E-state index >= 15 is 0 Å². The fourth-order valence-corrected chi connectivity index (χ4v) is 6.15. The fourth-order valence-electron chi connectivity index (χ4n) is 5.32. The van der Waals surface area contributed by atoms with Crippen LogP contribution in [0.25, 0.3) is 0 Å². The molecule has 1 saturated carbocycles. The van der Waals surface area contributed by atoms with E-state index in [-0.39, 0.29) is 17.5 Å². The lowest BCUT2D eigenvalue weighted by Crippen LogP contribution is -2.47. The molecule has 9 nitrogen and oxygen atoms in total. The Bertz CT molecular complexity index is 1570. The second kappa shape index (κ2) is 12.4. The maximum atomic E-state index is 13.2. The van der Waals surface area contributed by atoms with Gasteiger partial charge in [-0.25, -0.2) is 9.97 Å². The van der Waals surface area contributed by atoms with Crippen LogP contribution in [0.3, 0.4) is 0 Å². The molecule has 2 amide bonds. The van der Waals surface area contributed by atoms with Crippen LogP contribution < -0.4 is 20.4 Å². The third-order valence-corrected chi connectivity index (χ3v) is 8.76. The van der Waals surface area contributed by atoms with Crippen LogP contribution >= 0.6 is 11.3 Å². The molecule has 1 aliphatic carbocycles. The second-order valence-electron chi connectivity index (χ2n) is 11.0. The highest BCUT2D eigenvalue weighted by atomic mass is 32.1. The predicted molar refractivity (Wildman–Crippen MR) is 166 cm³/mol. The van der Waals surface area contributed by atoms with Gasteiger partial charge in [0.25, 0.3) is 11.8 Å². The van der Waals surface area contributed by atoms with Gasteiger partial charge in [-0.05, 0) is 62.9 Å². The first-order valence-electron chi connectivity index (χ1n) is 14.6. The molecule has 2 fully saturated rings. The predicted octanol–water partition coefficient (Wildman–Crippen LogP) is 5.57. The van der Waals surface area contributed by atoms with Gasteiger partial charge in [-0.3, -0.25) is 9.59 Å². The minimum atomic E-state index is -0.346. The number of para-hydroxylation sites is 1. The van der Waals surface area contributed by atoms with Crippen molar-refractivity contribution < 1.29 is 14.0 Å². The van der Waals surface area contributed by atoms with Gasteiger partial charge in [-0.1, -0.05) is 18.2 Å². The molecule has 42 heavy (non-hydrogen) atoms. The Balaban J connectivity index is 1.16. The molecule has 0 radical (unpaired) electrons. The first-order valence-corrected chi connectivity index (χ1v) is 15.4. The van der Waals surface area contributed by atoms with Crippen LogP contribution in [-0.4, -0.2) is 54.5 Å². The normalized spacial score (nSPS) is 15.1. The number of benzene rings is 2. The molecule has 2 aliphatic rings. The minimum Gasteiger partial charge on any atom is -0.448 e. The Hall–Kier alpha value is -4.18. The van der Waals surface area contributed by atoms with Gasteiger partial charge in [-0.2, -0.15) is 0 Å². The van der Waals surface area contributed by atoms with Crippen molar-refractivity contribution in [2.45, 2.75) is 45.4 Å². The summed E-state index contributed by atoms with van der Waals surface area (Å²) < 4.78 is 5.55. The van der Waals surface area contributed by atoms with Gasteiger partial charge < -0.3 is 24.9 Å². The molecule has 6 rings (SSSR count). The number of nitrogens with zero attached hydrogens (tertiary/aromatic N) is 4. The summed E-state index contributed by atoms with van der Waals surface area (Å²) in [7, 11) is 0. The number of aromatic nitrogens is 2. The Morgan fingerprint density at radius 2 is 1.76 bits per heavy atom. The number of thiazole rings is 1. The zero-order valence-corrected chi connectivity index (χ0v) is 24.9. The van der Waals surface area contributed by atoms with Crippen LogP contribution in [0.4, 0.5) is 17.1 Å². The summed E-state index contributed by atoms with van der Waals surface area (Å²) in [4.78, 5) is 41.0. The maximum Gasteiger partial charge on any atom is 0.277 e. The topological polar surface area (TPSA) is 104 Å². The Morgan fingerprint density at radius 3 is 2.48 bits per heavy atom. The number of rotatable bonds is 10. The first kappa shape index (κ1) is 28.0. The van der Waals surface area contributed by atoms with Crippen LogP contribution in [0, 0.1) is 13.8 Å². The Labute approximate surface area is 250 Å². The zero-order valence-electron chi connectivity index (χ0n) is 24.1. The molecule has 3 heterocycles. The molecule has 2 aromatic carbocycles. The number of piperazine rings is 1. The van der Waals surface area contributed by atoms with Gasteiger partial charge in [-0.15, -0.1) is 11.3 Å². The highest BCUT2D eigenvalue weighted by molar-refractivity contribution is 7.11. The number of anilines is 3. The van der Waals surface area contributed by atoms with Crippen molar-refractivity contribution in [2.24, 2.45) is 0 Å². The summed E-state index contributed by atoms with van der Waals surface area (Å²) in [6.07, 6.45) is 7.02. The first-order chi connectivity index (χ1) is 20.4. The van der Waals surface area contributed by atoms with E-state index in [0.29, 0.717) is 29.6 Å². The van der Waals surface area contributed by atoms with Crippen LogP contribution in [0.5, 0.6) is 0 Å². The van der Waals surface area contributed by atoms with Crippen molar-refractivity contribution in [3.63, 3.8) is 0 Å². The molecule has 4 aromatic rings. The van der Waals surface area contributed by atoms with Crippen LogP contribution in [0.1, 0.15) is 67.4 Å². The summed E-state index contributed by atoms with van der Waals surface area (Å²) in [5, 5.41) is 7.13. The molecular weight excluding hydrogens is 548 g/mol. The van der Waals surface area contributed by atoms with Crippen LogP contribution in [0.2, 0.25) is 0 Å². The van der Waals surface area contributed by atoms with Crippen molar-refractivity contribution in [3.05, 3.63) is 87.5 Å². The van der Waals surface area contributed by atoms with E-state index in [0.717, 1.165) is 62.6 Å². The van der Waals surface area contributed by atoms with E-state index < -0.39 is 0 Å². The number of oxazole rings is 1. The molecule has 218 valence electrons. The second-order valence-corrected chi connectivity index (χ2v) is 12.3. The molecule has 0 unspecified atom stereocenters. The molecule has 2 N–H and O–H groups in total. The van der Waals surface area contributed by atoms with E-state index in [1.807, 2.05) is 25.3 Å². The standard InChI is InChI=1S/C32H36N6O3S/c1-21-6-3-4-7-27(21)37-14-16-38(17-15-37)28-12-11-24(30(39)33-13-5-8-29-34-19-22(2)42-29)18-25(28)35-31(40)26-20-41-32(36-26)23-9-10-23/h3-4,6-7,11-12,18-20,23H,5,8-10,13-17H2,1-2H3,(H,33,39)(H,35,40). The Morgan fingerprint density at radius 1 is 1.00 bits per heavy atom. The van der Waals surface area contributed by atoms with Gasteiger partial charge in [0, 0.05) is 67.4 Å². The smallest absolute Gasteiger partial charge is 0.277 e. The van der Waals surface area contributed by atoms with Crippen molar-refractivity contribution in [1.82, 2.24) is 15.3 Å². The maximum absolute atomic E-state index is 13.2. The fraction of sp³-hybridized carbons (Fsp3) is 0.375. The summed E-state index contributed by atoms with van der Waals surface area (Å²) in [6, 6.07) is 14.0. The van der Waals surface area contributed by atoms with E-state index in [9.17, 15) is 9.59 Å². The lowest BCUT2D eigenvalue weighted by atomic mass is 10.1. The van der Waals surface area contributed by atoms with Crippen LogP contribution in [-0.2, 0) is 6.42 Å². The van der Waals surface area contributed by atoms with Gasteiger partial charge in [0.2, 0.25) is 0 Å². The quantitative estimate of drug-likeness (QED) is 0.235. The van der Waals surface area contributed by atoms with E-state index in [4.69, 9.17) is 4.42 Å². The molecular formula is C32H36N6O3S. The van der Waals surface area contributed by atoms with Crippen molar-refractivity contribution in [1.29, 1.82) is 0 Å². The van der Waals surface area contributed by atoms with Crippen molar-refractivity contribution in [3.8, 4) is 0 Å². The summed E-state index contributed by atoms with van der Waals surface area (Å²) in [5.41, 5.74) is 4.73. The summed E-state index contributed by atoms with van der Waals surface area (Å²) in [6.45, 7) is 8.01. The van der Waals surface area contributed by atoms with Crippen molar-refractivity contribution >= 4 is 40.2 Å². The lowest BCUT2D eigenvalue weighted by molar-refractivity contribution is 0.0951. The number of carbonyl (C=O) groups is 2. The third kappa shape index (κ3) is 6.49. The largest absolute Gasteiger partial charge is 0.448 e. The van der Waals surface area contributed by atoms with Gasteiger partial charge in [0.1, 0.15) is 6.26 Å². The number of nitrogens with one attached hydrogen (secondary N) is 2. The third-order valence-electron chi connectivity index (χ3n) is 7.79. The average molecular weight is 585 g/mol. The lowest BCUT2D eigenvalue weighted by Gasteiger charge is -2.38. The number of aryl methyl sites for hydroxylation is 3. The molecule has 0 bridgehead atoms. The molecule has 1 saturated heterocycles. The SMILES string of the molecule is Cc1cnc(CCCNC(=O)c2ccc(N3CCN(c4ccccc4C)CC3)c(NC(=O)c3coc(C4CC4)n3)c2)s1. The van der Waals surface area contributed by atoms with Crippen molar-refractivity contribution in [2.75, 3.05) is 47.8 Å². The van der Waals surface area contributed by atoms with E-state index in [1.165, 1.54) is 22.4 Å². The number of hydrogen-bond acceptors (Lipinski definition) is 8. The van der Waals surface area contributed by atoms with E-state index in [2.05, 4.69) is 61.6 Å². The average Bonchev–Trinajstić information content (AvgIpc) is 3.58. The molecule has 1 aliphatic heterocycles. The minimum absolute atomic E-state index is 0.172. The number of hydrogen-bond donors (Lipinski definition) is 2. The van der Waals surface area contributed by atoms with Gasteiger partial charge in [0.05, 0.1) is 16.4 Å². The zero-order chi connectivity index (χ0) is 29.1. The highest BCUT2D eigenvalue weighted by Gasteiger charge is 2.30. The van der Waals surface area contributed by atoms with E-state index in [1.54, 1.807) is 17.4 Å². The molecule has 10 heteroatoms. The van der Waals surface area contributed by atoms with Gasteiger partial charge >= 0.3 is 0 Å². The Kier molecular flexibility index (Phi) is 8.23. The van der Waals surface area contributed by atoms with Gasteiger partial charge in [0.15, 0.2) is 11.6 Å². The highest BCUT2D eigenvalue weighted by Crippen LogP contribution is 2.39. The monoisotopic (exact) mass is 584 g/mol. The molecule has 0 spiro atoms. The molecule has 2 aromatic heterocycles. The van der Waals surface area contributed by atoms with Crippen LogP contribution in [0.15, 0.2) is 59.3 Å².